The summed E-state index contributed by atoms with van der Waals surface area (Å²) in [5.74, 6) is 0.283. The van der Waals surface area contributed by atoms with E-state index in [1.165, 1.54) is 6.07 Å². The fraction of sp³-hybridized carbons (Fsp3) is 0.500. The Morgan fingerprint density at radius 1 is 1.14 bits per heavy atom. The lowest BCUT2D eigenvalue weighted by molar-refractivity contribution is 0.0501. The number of nitrogens with one attached hydrogen (secondary N) is 3. The number of amides is 1. The number of nitrogens with zero attached hydrogens (tertiary/aromatic N) is 3. The molecule has 42 heavy (non-hydrogen) atoms. The Morgan fingerprint density at radius 2 is 1.86 bits per heavy atom. The maximum absolute atomic E-state index is 12.9. The Labute approximate surface area is 250 Å². The van der Waals surface area contributed by atoms with Crippen LogP contribution in [0.5, 0.6) is 0 Å². The Hall–Kier alpha value is -3.26. The van der Waals surface area contributed by atoms with E-state index in [2.05, 4.69) is 25.3 Å². The topological polar surface area (TPSA) is 154 Å². The second-order valence-corrected chi connectivity index (χ2v) is 13.3. The fourth-order valence-electron chi connectivity index (χ4n) is 4.68. The first-order valence-electron chi connectivity index (χ1n) is 13.8. The Bertz CT molecular complexity index is 1600. The van der Waals surface area contributed by atoms with Gasteiger partial charge < -0.3 is 20.1 Å². The number of rotatable bonds is 11. The van der Waals surface area contributed by atoms with Crippen molar-refractivity contribution in [2.24, 2.45) is 0 Å². The molecule has 4 rings (SSSR count). The number of pyridine rings is 1. The van der Waals surface area contributed by atoms with Crippen molar-refractivity contribution < 1.29 is 22.7 Å². The van der Waals surface area contributed by atoms with Gasteiger partial charge in [0.05, 0.1) is 18.1 Å². The number of sulfonamides is 1. The molecule has 1 aromatic carbocycles. The molecule has 14 heteroatoms. The molecule has 1 aliphatic carbocycles. The number of carbonyl (C=O) groups excluding carboxylic acids is 1. The van der Waals surface area contributed by atoms with Crippen LogP contribution in [0.1, 0.15) is 58.1 Å². The number of carbonyl (C=O) groups is 1. The molecule has 0 saturated heterocycles. The first-order chi connectivity index (χ1) is 19.8. The van der Waals surface area contributed by atoms with E-state index in [-0.39, 0.29) is 53.8 Å². The summed E-state index contributed by atoms with van der Waals surface area (Å²) in [6.45, 7) is 7.73. The minimum atomic E-state index is -3.78. The molecule has 12 nitrogen and oxygen atoms in total. The van der Waals surface area contributed by atoms with Gasteiger partial charge >= 0.3 is 6.09 Å². The highest BCUT2D eigenvalue weighted by Gasteiger charge is 2.23. The third-order valence-electron chi connectivity index (χ3n) is 6.63. The van der Waals surface area contributed by atoms with E-state index in [4.69, 9.17) is 21.1 Å². The fourth-order valence-corrected chi connectivity index (χ4v) is 5.99. The molecule has 1 amide bonds. The monoisotopic (exact) mass is 620 g/mol. The SMILES string of the molecule is Cc1cc(S(=O)(=O)NCCOCCNC(=O)OC(C)(C)C)ccc1Nc1ncc2cc(Cl)c(=O)n(C3CCCC3)c2n1. The number of aryl methyl sites for hydroxylation is 1. The quantitative estimate of drug-likeness (QED) is 0.264. The van der Waals surface area contributed by atoms with Crippen LogP contribution in [-0.2, 0) is 19.5 Å². The molecular weight excluding hydrogens is 584 g/mol. The van der Waals surface area contributed by atoms with Gasteiger partial charge in [0.25, 0.3) is 5.56 Å². The first-order valence-corrected chi connectivity index (χ1v) is 15.7. The van der Waals surface area contributed by atoms with Crippen LogP contribution < -0.4 is 20.9 Å². The van der Waals surface area contributed by atoms with Crippen molar-refractivity contribution in [3.8, 4) is 0 Å². The highest BCUT2D eigenvalue weighted by Crippen LogP contribution is 2.31. The molecule has 0 radical (unpaired) electrons. The molecular formula is C28H37ClN6O6S. The molecule has 0 unspecified atom stereocenters. The summed E-state index contributed by atoms with van der Waals surface area (Å²) in [7, 11) is -3.78. The molecule has 3 aromatic rings. The molecule has 1 fully saturated rings. The minimum Gasteiger partial charge on any atom is -0.444 e. The van der Waals surface area contributed by atoms with E-state index in [0.717, 1.165) is 25.7 Å². The smallest absolute Gasteiger partial charge is 0.407 e. The van der Waals surface area contributed by atoms with E-state index in [9.17, 15) is 18.0 Å². The zero-order valence-corrected chi connectivity index (χ0v) is 25.8. The van der Waals surface area contributed by atoms with Crippen LogP contribution in [-0.4, -0.2) is 61.0 Å². The predicted octanol–water partition coefficient (Wildman–Crippen LogP) is 4.43. The average Bonchev–Trinajstić information content (AvgIpc) is 3.43. The Morgan fingerprint density at radius 3 is 2.55 bits per heavy atom. The first kappa shape index (κ1) is 31.7. The van der Waals surface area contributed by atoms with E-state index < -0.39 is 21.7 Å². The molecule has 2 heterocycles. The zero-order valence-electron chi connectivity index (χ0n) is 24.2. The van der Waals surface area contributed by atoms with Crippen molar-refractivity contribution in [3.05, 3.63) is 51.4 Å². The van der Waals surface area contributed by atoms with Crippen molar-refractivity contribution in [3.63, 3.8) is 0 Å². The van der Waals surface area contributed by atoms with Crippen LogP contribution in [0.15, 0.2) is 40.2 Å². The molecule has 0 atom stereocenters. The van der Waals surface area contributed by atoms with Crippen molar-refractivity contribution in [1.82, 2.24) is 24.6 Å². The van der Waals surface area contributed by atoms with Gasteiger partial charge in [-0.1, -0.05) is 24.4 Å². The second-order valence-electron chi connectivity index (χ2n) is 11.1. The number of fused-ring (bicyclic) bond motifs is 1. The van der Waals surface area contributed by atoms with Crippen molar-refractivity contribution in [1.29, 1.82) is 0 Å². The Kier molecular flexibility index (Phi) is 10.1. The minimum absolute atomic E-state index is 0.0412. The molecule has 0 spiro atoms. The third-order valence-corrected chi connectivity index (χ3v) is 8.36. The van der Waals surface area contributed by atoms with Gasteiger partial charge in [0, 0.05) is 36.4 Å². The maximum Gasteiger partial charge on any atom is 0.407 e. The van der Waals surface area contributed by atoms with Crippen molar-refractivity contribution in [2.45, 2.75) is 69.9 Å². The largest absolute Gasteiger partial charge is 0.444 e. The number of alkyl carbamates (subject to hydrolysis) is 1. The molecule has 1 aliphatic rings. The molecule has 1 saturated carbocycles. The lowest BCUT2D eigenvalue weighted by atomic mass is 10.2. The predicted molar refractivity (Wildman–Crippen MR) is 161 cm³/mol. The van der Waals surface area contributed by atoms with Gasteiger partial charge in [0.2, 0.25) is 16.0 Å². The standard InChI is InChI=1S/C28H37ClN6O6S/c1-18-15-21(42(38,39)32-12-14-40-13-11-30-27(37)41-28(2,3)4)9-10-23(18)33-26-31-17-19-16-22(29)25(36)35(24(19)34-26)20-7-5-6-8-20/h9-10,15-17,20,32H,5-8,11-14H2,1-4H3,(H,30,37)(H,31,33,34). The number of aromatic nitrogens is 3. The zero-order chi connectivity index (χ0) is 30.5. The van der Waals surface area contributed by atoms with Crippen LogP contribution in [0.3, 0.4) is 0 Å². The van der Waals surface area contributed by atoms with Crippen LogP contribution >= 0.6 is 11.6 Å². The van der Waals surface area contributed by atoms with Crippen LogP contribution in [0.2, 0.25) is 5.02 Å². The van der Waals surface area contributed by atoms with Crippen LogP contribution in [0, 0.1) is 6.92 Å². The summed E-state index contributed by atoms with van der Waals surface area (Å²) in [5, 5.41) is 6.52. The van der Waals surface area contributed by atoms with Gasteiger partial charge in [-0.3, -0.25) is 9.36 Å². The number of hydrogen-bond acceptors (Lipinski definition) is 9. The molecule has 0 bridgehead atoms. The molecule has 228 valence electrons. The highest BCUT2D eigenvalue weighted by atomic mass is 35.5. The summed E-state index contributed by atoms with van der Waals surface area (Å²) in [5.41, 5.74) is 0.947. The van der Waals surface area contributed by atoms with Gasteiger partial charge in [-0.2, -0.15) is 4.98 Å². The second kappa shape index (κ2) is 13.4. The number of halogens is 1. The third kappa shape index (κ3) is 8.18. The van der Waals surface area contributed by atoms with Crippen molar-refractivity contribution in [2.75, 3.05) is 31.6 Å². The maximum atomic E-state index is 12.9. The molecule has 3 N–H and O–H groups in total. The summed E-state index contributed by atoms with van der Waals surface area (Å²) < 4.78 is 40.3. The van der Waals surface area contributed by atoms with Gasteiger partial charge in [-0.05, 0) is 70.4 Å². The van der Waals surface area contributed by atoms with Gasteiger partial charge in [0.15, 0.2) is 0 Å². The number of hydrogen-bond donors (Lipinski definition) is 3. The summed E-state index contributed by atoms with van der Waals surface area (Å²) >= 11 is 6.22. The summed E-state index contributed by atoms with van der Waals surface area (Å²) in [4.78, 5) is 33.6. The highest BCUT2D eigenvalue weighted by molar-refractivity contribution is 7.89. The average molecular weight is 621 g/mol. The Balaban J connectivity index is 1.35. The van der Waals surface area contributed by atoms with E-state index in [1.54, 1.807) is 56.7 Å². The van der Waals surface area contributed by atoms with E-state index >= 15 is 0 Å². The van der Waals surface area contributed by atoms with Gasteiger partial charge in [0.1, 0.15) is 16.3 Å². The molecule has 2 aromatic heterocycles. The number of anilines is 2. The van der Waals surface area contributed by atoms with Crippen LogP contribution in [0.25, 0.3) is 11.0 Å². The van der Waals surface area contributed by atoms with E-state index in [1.807, 2.05) is 0 Å². The normalized spacial score (nSPS) is 14.3. The molecule has 0 aliphatic heterocycles. The number of benzene rings is 1. The van der Waals surface area contributed by atoms with Crippen molar-refractivity contribution >= 4 is 50.4 Å². The van der Waals surface area contributed by atoms with E-state index in [0.29, 0.717) is 22.3 Å². The van der Waals surface area contributed by atoms with Crippen LogP contribution in [0.4, 0.5) is 16.4 Å². The summed E-state index contributed by atoms with van der Waals surface area (Å²) in [6, 6.07) is 6.30. The lowest BCUT2D eigenvalue weighted by Gasteiger charge is -2.19. The lowest BCUT2D eigenvalue weighted by Crippen LogP contribution is -2.34. The van der Waals surface area contributed by atoms with Gasteiger partial charge in [-0.15, -0.1) is 0 Å². The summed E-state index contributed by atoms with van der Waals surface area (Å²) in [6.07, 6.45) is 4.96. The van der Waals surface area contributed by atoms with Gasteiger partial charge in [-0.25, -0.2) is 22.9 Å². The number of ether oxygens (including phenoxy) is 2.